The van der Waals surface area contributed by atoms with E-state index >= 15 is 0 Å². The van der Waals surface area contributed by atoms with E-state index in [4.69, 9.17) is 0 Å². The Balaban J connectivity index is 1.57. The fourth-order valence-corrected chi connectivity index (χ4v) is 2.08. The number of pyridine rings is 1. The van der Waals surface area contributed by atoms with Crippen molar-refractivity contribution in [3.8, 4) is 0 Å². The topological polar surface area (TPSA) is 71.1 Å². The van der Waals surface area contributed by atoms with Crippen LogP contribution in [0.3, 0.4) is 0 Å². The first kappa shape index (κ1) is 16.7. The summed E-state index contributed by atoms with van der Waals surface area (Å²) in [5.74, 6) is -0.232. The lowest BCUT2D eigenvalue weighted by Gasteiger charge is -2.06. The second-order valence-corrected chi connectivity index (χ2v) is 5.18. The summed E-state index contributed by atoms with van der Waals surface area (Å²) in [6, 6.07) is 15.4. The predicted octanol–water partition coefficient (Wildman–Crippen LogP) is 1.84. The number of carbonyl (C=O) groups is 2. The molecule has 1 aromatic heterocycles. The average Bonchev–Trinajstić information content (AvgIpc) is 2.60. The van der Waals surface area contributed by atoms with Gasteiger partial charge in [-0.05, 0) is 17.7 Å². The lowest BCUT2D eigenvalue weighted by atomic mass is 10.2. The highest BCUT2D eigenvalue weighted by Crippen LogP contribution is 1.98. The van der Waals surface area contributed by atoms with E-state index in [1.165, 1.54) is 0 Å². The van der Waals surface area contributed by atoms with Crippen molar-refractivity contribution in [2.75, 3.05) is 6.54 Å². The molecule has 0 bridgehead atoms. The van der Waals surface area contributed by atoms with Gasteiger partial charge in [0, 0.05) is 44.2 Å². The monoisotopic (exact) mass is 311 g/mol. The number of aromatic nitrogens is 1. The molecule has 5 heteroatoms. The van der Waals surface area contributed by atoms with Gasteiger partial charge < -0.3 is 10.6 Å². The molecule has 23 heavy (non-hydrogen) atoms. The average molecular weight is 311 g/mol. The van der Waals surface area contributed by atoms with Crippen LogP contribution in [0.25, 0.3) is 0 Å². The van der Waals surface area contributed by atoms with Gasteiger partial charge in [0.25, 0.3) is 0 Å². The minimum absolute atomic E-state index is 0.115. The van der Waals surface area contributed by atoms with Crippen molar-refractivity contribution >= 4 is 11.8 Å². The van der Waals surface area contributed by atoms with Gasteiger partial charge in [0.1, 0.15) is 0 Å². The Bertz CT molecular complexity index is 615. The molecule has 0 radical (unpaired) electrons. The molecule has 2 N–H and O–H groups in total. The van der Waals surface area contributed by atoms with Crippen LogP contribution in [0.4, 0.5) is 0 Å². The van der Waals surface area contributed by atoms with Gasteiger partial charge in [0.15, 0.2) is 0 Å². The van der Waals surface area contributed by atoms with Gasteiger partial charge in [-0.15, -0.1) is 0 Å². The molecular formula is C18H21N3O2. The van der Waals surface area contributed by atoms with Crippen molar-refractivity contribution in [3.63, 3.8) is 0 Å². The maximum Gasteiger partial charge on any atom is 0.220 e. The zero-order valence-corrected chi connectivity index (χ0v) is 13.0. The maximum absolute atomic E-state index is 11.7. The normalized spacial score (nSPS) is 10.1. The standard InChI is InChI=1S/C18H21N3O2/c22-17(20-13-11-16-8-4-5-12-19-16)9-10-18(23)21-14-15-6-2-1-3-7-15/h1-8,12H,9-11,13-14H2,(H,20,22)(H,21,23). The van der Waals surface area contributed by atoms with Gasteiger partial charge in [0.2, 0.25) is 11.8 Å². The molecule has 2 aromatic rings. The summed E-state index contributed by atoms with van der Waals surface area (Å²) < 4.78 is 0. The van der Waals surface area contributed by atoms with Crippen LogP contribution >= 0.6 is 0 Å². The van der Waals surface area contributed by atoms with Crippen LogP contribution in [0.5, 0.6) is 0 Å². The lowest BCUT2D eigenvalue weighted by molar-refractivity contribution is -0.126. The van der Waals surface area contributed by atoms with Gasteiger partial charge in [0.05, 0.1) is 0 Å². The molecule has 0 aliphatic carbocycles. The molecule has 0 saturated heterocycles. The lowest BCUT2D eigenvalue weighted by Crippen LogP contribution is -2.28. The van der Waals surface area contributed by atoms with E-state index < -0.39 is 0 Å². The maximum atomic E-state index is 11.7. The number of hydrogen-bond donors (Lipinski definition) is 2. The number of hydrogen-bond acceptors (Lipinski definition) is 3. The van der Waals surface area contributed by atoms with Crippen molar-refractivity contribution in [2.45, 2.75) is 25.8 Å². The number of benzene rings is 1. The van der Waals surface area contributed by atoms with Gasteiger partial charge in [-0.1, -0.05) is 36.4 Å². The first-order chi connectivity index (χ1) is 11.2. The Morgan fingerprint density at radius 2 is 1.57 bits per heavy atom. The number of nitrogens with zero attached hydrogens (tertiary/aromatic N) is 1. The van der Waals surface area contributed by atoms with Gasteiger partial charge in [-0.25, -0.2) is 0 Å². The van der Waals surface area contributed by atoms with Crippen molar-refractivity contribution in [3.05, 3.63) is 66.0 Å². The third kappa shape index (κ3) is 6.74. The van der Waals surface area contributed by atoms with E-state index in [0.29, 0.717) is 19.5 Å². The summed E-state index contributed by atoms with van der Waals surface area (Å²) in [6.07, 6.45) is 2.81. The second kappa shape index (κ2) is 9.35. The van der Waals surface area contributed by atoms with E-state index in [9.17, 15) is 9.59 Å². The Morgan fingerprint density at radius 1 is 0.870 bits per heavy atom. The van der Waals surface area contributed by atoms with E-state index in [1.807, 2.05) is 48.5 Å². The molecule has 2 rings (SSSR count). The molecule has 120 valence electrons. The predicted molar refractivity (Wildman–Crippen MR) is 88.5 cm³/mol. The van der Waals surface area contributed by atoms with Crippen molar-refractivity contribution in [1.29, 1.82) is 0 Å². The Morgan fingerprint density at radius 3 is 2.26 bits per heavy atom. The SMILES string of the molecule is O=C(CCC(=O)NCc1ccccc1)NCCc1ccccn1. The summed E-state index contributed by atoms with van der Waals surface area (Å²) in [7, 11) is 0. The molecule has 0 fully saturated rings. The molecule has 0 atom stereocenters. The molecule has 0 saturated carbocycles. The fraction of sp³-hybridized carbons (Fsp3) is 0.278. The van der Waals surface area contributed by atoms with E-state index in [0.717, 1.165) is 11.3 Å². The zero-order valence-electron chi connectivity index (χ0n) is 13.0. The minimum Gasteiger partial charge on any atom is -0.356 e. The molecular weight excluding hydrogens is 290 g/mol. The Labute approximate surface area is 136 Å². The fourth-order valence-electron chi connectivity index (χ4n) is 2.08. The number of rotatable bonds is 8. The summed E-state index contributed by atoms with van der Waals surface area (Å²) in [5.41, 5.74) is 1.98. The molecule has 1 aromatic carbocycles. The quantitative estimate of drug-likeness (QED) is 0.781. The molecule has 2 amide bonds. The third-order valence-electron chi connectivity index (χ3n) is 3.34. The van der Waals surface area contributed by atoms with Crippen LogP contribution in [0.2, 0.25) is 0 Å². The zero-order chi connectivity index (χ0) is 16.3. The summed E-state index contributed by atoms with van der Waals surface area (Å²) in [4.78, 5) is 27.6. The van der Waals surface area contributed by atoms with Crippen molar-refractivity contribution < 1.29 is 9.59 Å². The minimum atomic E-state index is -0.117. The van der Waals surface area contributed by atoms with E-state index in [2.05, 4.69) is 15.6 Å². The molecule has 0 aliphatic rings. The molecule has 0 unspecified atom stereocenters. The van der Waals surface area contributed by atoms with Crippen molar-refractivity contribution in [1.82, 2.24) is 15.6 Å². The summed E-state index contributed by atoms with van der Waals surface area (Å²) in [5, 5.41) is 5.61. The third-order valence-corrected chi connectivity index (χ3v) is 3.34. The second-order valence-electron chi connectivity index (χ2n) is 5.18. The van der Waals surface area contributed by atoms with Crippen LogP contribution in [0.1, 0.15) is 24.1 Å². The van der Waals surface area contributed by atoms with Crippen LogP contribution in [0.15, 0.2) is 54.7 Å². The van der Waals surface area contributed by atoms with Crippen LogP contribution in [0, 0.1) is 0 Å². The highest BCUT2D eigenvalue weighted by Gasteiger charge is 2.06. The first-order valence-electron chi connectivity index (χ1n) is 7.71. The summed E-state index contributed by atoms with van der Waals surface area (Å²) in [6.45, 7) is 1.02. The highest BCUT2D eigenvalue weighted by atomic mass is 16.2. The van der Waals surface area contributed by atoms with Crippen LogP contribution < -0.4 is 10.6 Å². The number of carbonyl (C=O) groups excluding carboxylic acids is 2. The van der Waals surface area contributed by atoms with E-state index in [-0.39, 0.29) is 24.7 Å². The summed E-state index contributed by atoms with van der Waals surface area (Å²) >= 11 is 0. The number of amides is 2. The molecule has 0 aliphatic heterocycles. The number of nitrogens with one attached hydrogen (secondary N) is 2. The van der Waals surface area contributed by atoms with Gasteiger partial charge in [-0.2, -0.15) is 0 Å². The first-order valence-corrected chi connectivity index (χ1v) is 7.71. The van der Waals surface area contributed by atoms with Gasteiger partial charge in [-0.3, -0.25) is 14.6 Å². The van der Waals surface area contributed by atoms with E-state index in [1.54, 1.807) is 6.20 Å². The largest absolute Gasteiger partial charge is 0.356 e. The highest BCUT2D eigenvalue weighted by molar-refractivity contribution is 5.83. The molecule has 0 spiro atoms. The Kier molecular flexibility index (Phi) is 6.78. The molecule has 1 heterocycles. The smallest absolute Gasteiger partial charge is 0.220 e. The Hall–Kier alpha value is -2.69. The van der Waals surface area contributed by atoms with Crippen LogP contribution in [-0.4, -0.2) is 23.3 Å². The van der Waals surface area contributed by atoms with Crippen molar-refractivity contribution in [2.24, 2.45) is 0 Å². The molecule has 5 nitrogen and oxygen atoms in total. The van der Waals surface area contributed by atoms with Gasteiger partial charge >= 0.3 is 0 Å². The van der Waals surface area contributed by atoms with Crippen LogP contribution in [-0.2, 0) is 22.6 Å².